The Labute approximate surface area is 98.0 Å². The first-order chi connectivity index (χ1) is 7.49. The number of carbonyl (C=O) groups is 2. The smallest absolute Gasteiger partial charge is 0.251 e. The van der Waals surface area contributed by atoms with Gasteiger partial charge in [-0.1, -0.05) is 11.6 Å². The summed E-state index contributed by atoms with van der Waals surface area (Å²) in [7, 11) is 0. The van der Waals surface area contributed by atoms with Crippen LogP contribution < -0.4 is 11.1 Å². The number of amides is 2. The van der Waals surface area contributed by atoms with Crippen molar-refractivity contribution in [2.75, 3.05) is 6.54 Å². The highest BCUT2D eigenvalue weighted by molar-refractivity contribution is 6.29. The number of nitrogens with one attached hydrogen (secondary N) is 1. The van der Waals surface area contributed by atoms with Gasteiger partial charge >= 0.3 is 0 Å². The Balaban J connectivity index is 2.62. The lowest BCUT2D eigenvalue weighted by Gasteiger charge is -2.04. The zero-order valence-corrected chi connectivity index (χ0v) is 9.54. The Bertz CT molecular complexity index is 400. The maximum Gasteiger partial charge on any atom is 0.251 e. The topological polar surface area (TPSA) is 85.1 Å². The summed E-state index contributed by atoms with van der Waals surface area (Å²) in [5, 5.41) is 2.82. The molecule has 0 saturated heterocycles. The van der Waals surface area contributed by atoms with Gasteiger partial charge in [0.05, 0.1) is 0 Å². The minimum Gasteiger partial charge on any atom is -0.370 e. The summed E-state index contributed by atoms with van der Waals surface area (Å²) in [6.07, 6.45) is 0.115. The molecule has 0 aromatic carbocycles. The van der Waals surface area contributed by atoms with Gasteiger partial charge in [0.2, 0.25) is 5.91 Å². The Morgan fingerprint density at radius 2 is 2.19 bits per heavy atom. The number of nitrogens with zero attached hydrogens (tertiary/aromatic N) is 1. The SMILES string of the molecule is Cc1cc(C(=O)NCCC(N)=O)cc(Cl)n1. The molecule has 0 aliphatic carbocycles. The van der Waals surface area contributed by atoms with Crippen molar-refractivity contribution in [2.45, 2.75) is 13.3 Å². The van der Waals surface area contributed by atoms with Crippen LogP contribution in [0, 0.1) is 6.92 Å². The minimum atomic E-state index is -0.454. The zero-order valence-electron chi connectivity index (χ0n) is 8.79. The summed E-state index contributed by atoms with van der Waals surface area (Å²) >= 11 is 5.71. The molecule has 1 heterocycles. The molecule has 5 nitrogen and oxygen atoms in total. The summed E-state index contributed by atoms with van der Waals surface area (Å²) in [4.78, 5) is 26.0. The van der Waals surface area contributed by atoms with Gasteiger partial charge in [0.1, 0.15) is 5.15 Å². The van der Waals surface area contributed by atoms with Gasteiger partial charge in [-0.3, -0.25) is 9.59 Å². The van der Waals surface area contributed by atoms with Gasteiger partial charge in [0.15, 0.2) is 0 Å². The van der Waals surface area contributed by atoms with Crippen LogP contribution in [0.15, 0.2) is 12.1 Å². The van der Waals surface area contributed by atoms with Crippen LogP contribution >= 0.6 is 11.6 Å². The van der Waals surface area contributed by atoms with Gasteiger partial charge in [0, 0.05) is 24.2 Å². The normalized spacial score (nSPS) is 9.88. The first kappa shape index (κ1) is 12.4. The number of hydrogen-bond donors (Lipinski definition) is 2. The quantitative estimate of drug-likeness (QED) is 0.759. The molecule has 86 valence electrons. The zero-order chi connectivity index (χ0) is 12.1. The van der Waals surface area contributed by atoms with E-state index in [-0.39, 0.29) is 24.0 Å². The maximum atomic E-state index is 11.6. The van der Waals surface area contributed by atoms with E-state index in [1.54, 1.807) is 13.0 Å². The van der Waals surface area contributed by atoms with E-state index in [1.807, 2.05) is 0 Å². The largest absolute Gasteiger partial charge is 0.370 e. The molecule has 0 atom stereocenters. The van der Waals surface area contributed by atoms with Gasteiger partial charge in [-0.05, 0) is 19.1 Å². The van der Waals surface area contributed by atoms with E-state index in [4.69, 9.17) is 17.3 Å². The van der Waals surface area contributed by atoms with Crippen LogP contribution in [-0.4, -0.2) is 23.3 Å². The van der Waals surface area contributed by atoms with Crippen LogP contribution in [0.25, 0.3) is 0 Å². The number of aryl methyl sites for hydroxylation is 1. The number of hydrogen-bond acceptors (Lipinski definition) is 3. The third kappa shape index (κ3) is 3.86. The van der Waals surface area contributed by atoms with Crippen LogP contribution in [0.4, 0.5) is 0 Å². The lowest BCUT2D eigenvalue weighted by Crippen LogP contribution is -2.27. The van der Waals surface area contributed by atoms with Crippen molar-refractivity contribution in [3.63, 3.8) is 0 Å². The third-order valence-corrected chi connectivity index (χ3v) is 2.03. The molecule has 0 aliphatic rings. The summed E-state index contributed by atoms with van der Waals surface area (Å²) in [6.45, 7) is 1.96. The first-order valence-corrected chi connectivity index (χ1v) is 5.07. The fourth-order valence-electron chi connectivity index (χ4n) is 1.16. The highest BCUT2D eigenvalue weighted by atomic mass is 35.5. The molecule has 16 heavy (non-hydrogen) atoms. The van der Waals surface area contributed by atoms with Crippen molar-refractivity contribution in [1.29, 1.82) is 0 Å². The summed E-state index contributed by atoms with van der Waals surface area (Å²) in [6, 6.07) is 3.08. The van der Waals surface area contributed by atoms with Gasteiger partial charge in [-0.25, -0.2) is 4.98 Å². The predicted octanol–water partition coefficient (Wildman–Crippen LogP) is 0.649. The van der Waals surface area contributed by atoms with Crippen molar-refractivity contribution < 1.29 is 9.59 Å². The van der Waals surface area contributed by atoms with Gasteiger partial charge in [-0.2, -0.15) is 0 Å². The van der Waals surface area contributed by atoms with Crippen LogP contribution in [0.3, 0.4) is 0 Å². The lowest BCUT2D eigenvalue weighted by atomic mass is 10.2. The van der Waals surface area contributed by atoms with E-state index < -0.39 is 5.91 Å². The second kappa shape index (κ2) is 5.46. The molecule has 0 spiro atoms. The molecule has 0 bridgehead atoms. The number of aromatic nitrogens is 1. The van der Waals surface area contributed by atoms with E-state index >= 15 is 0 Å². The predicted molar refractivity (Wildman–Crippen MR) is 60.1 cm³/mol. The number of rotatable bonds is 4. The van der Waals surface area contributed by atoms with Crippen LogP contribution in [0.5, 0.6) is 0 Å². The first-order valence-electron chi connectivity index (χ1n) is 4.69. The Morgan fingerprint density at radius 3 is 2.75 bits per heavy atom. The van der Waals surface area contributed by atoms with Crippen LogP contribution in [0.1, 0.15) is 22.5 Å². The second-order valence-corrected chi connectivity index (χ2v) is 3.68. The van der Waals surface area contributed by atoms with Crippen molar-refractivity contribution in [3.05, 3.63) is 28.5 Å². The Kier molecular flexibility index (Phi) is 4.25. The molecule has 1 rings (SSSR count). The molecule has 6 heteroatoms. The Morgan fingerprint density at radius 1 is 1.50 bits per heavy atom. The van der Waals surface area contributed by atoms with E-state index in [9.17, 15) is 9.59 Å². The van der Waals surface area contributed by atoms with E-state index in [2.05, 4.69) is 10.3 Å². The molecular formula is C10H12ClN3O2. The highest BCUT2D eigenvalue weighted by Gasteiger charge is 2.07. The molecular weight excluding hydrogens is 230 g/mol. The number of primary amides is 1. The number of nitrogens with two attached hydrogens (primary N) is 1. The van der Waals surface area contributed by atoms with Crippen molar-refractivity contribution in [2.24, 2.45) is 5.73 Å². The van der Waals surface area contributed by atoms with Crippen LogP contribution in [-0.2, 0) is 4.79 Å². The molecule has 3 N–H and O–H groups in total. The van der Waals surface area contributed by atoms with E-state index in [1.165, 1.54) is 6.07 Å². The number of carbonyl (C=O) groups excluding carboxylic acids is 2. The molecule has 1 aromatic rings. The van der Waals surface area contributed by atoms with Crippen molar-refractivity contribution in [3.8, 4) is 0 Å². The molecule has 1 aromatic heterocycles. The monoisotopic (exact) mass is 241 g/mol. The summed E-state index contributed by atoms with van der Waals surface area (Å²) in [5.41, 5.74) is 6.02. The molecule has 0 aliphatic heterocycles. The third-order valence-electron chi connectivity index (χ3n) is 1.84. The average Bonchev–Trinajstić information content (AvgIpc) is 2.15. The number of pyridine rings is 1. The van der Waals surface area contributed by atoms with Crippen LogP contribution in [0.2, 0.25) is 5.15 Å². The molecule has 0 fully saturated rings. The van der Waals surface area contributed by atoms with Gasteiger partial charge in [-0.15, -0.1) is 0 Å². The summed E-state index contributed by atoms with van der Waals surface area (Å²) < 4.78 is 0. The summed E-state index contributed by atoms with van der Waals surface area (Å²) in [5.74, 6) is -0.752. The Hall–Kier alpha value is -1.62. The number of halogens is 1. The molecule has 0 saturated carbocycles. The molecule has 0 radical (unpaired) electrons. The average molecular weight is 242 g/mol. The van der Waals surface area contributed by atoms with E-state index in [0.717, 1.165) is 0 Å². The minimum absolute atomic E-state index is 0.115. The second-order valence-electron chi connectivity index (χ2n) is 3.29. The highest BCUT2D eigenvalue weighted by Crippen LogP contribution is 2.10. The van der Waals surface area contributed by atoms with Gasteiger partial charge in [0.25, 0.3) is 5.91 Å². The van der Waals surface area contributed by atoms with Gasteiger partial charge < -0.3 is 11.1 Å². The lowest BCUT2D eigenvalue weighted by molar-refractivity contribution is -0.117. The standard InChI is InChI=1S/C10H12ClN3O2/c1-6-4-7(5-8(11)14-6)10(16)13-3-2-9(12)15/h4-5H,2-3H2,1H3,(H2,12,15)(H,13,16). The fourth-order valence-corrected chi connectivity index (χ4v) is 1.41. The van der Waals surface area contributed by atoms with Crippen molar-refractivity contribution >= 4 is 23.4 Å². The van der Waals surface area contributed by atoms with Crippen molar-refractivity contribution in [1.82, 2.24) is 10.3 Å². The molecule has 0 unspecified atom stereocenters. The fraction of sp³-hybridized carbons (Fsp3) is 0.300. The molecule has 2 amide bonds. The van der Waals surface area contributed by atoms with E-state index in [0.29, 0.717) is 11.3 Å². The maximum absolute atomic E-state index is 11.6.